The first-order valence-corrected chi connectivity index (χ1v) is 8.71. The Balaban J connectivity index is 2.17. The third-order valence-electron chi connectivity index (χ3n) is 4.37. The molecule has 7 nitrogen and oxygen atoms in total. The molecule has 0 saturated carbocycles. The van der Waals surface area contributed by atoms with Crippen LogP contribution >= 0.6 is 0 Å². The third-order valence-corrected chi connectivity index (χ3v) is 4.37. The average Bonchev–Trinajstić information content (AvgIpc) is 2.43. The summed E-state index contributed by atoms with van der Waals surface area (Å²) in [7, 11) is 0. The van der Waals surface area contributed by atoms with Crippen LogP contribution in [0.5, 0.6) is 0 Å². The van der Waals surface area contributed by atoms with Crippen molar-refractivity contribution in [2.75, 3.05) is 10.6 Å². The summed E-state index contributed by atoms with van der Waals surface area (Å²) in [6.45, 7) is 9.48. The zero-order chi connectivity index (χ0) is 19.7. The first kappa shape index (κ1) is 19.9. The van der Waals surface area contributed by atoms with Crippen LogP contribution < -0.4 is 21.3 Å². The fraction of sp³-hybridized carbons (Fsp3) is 0.526. The summed E-state index contributed by atoms with van der Waals surface area (Å²) in [6.07, 6.45) is 1.38. The molecule has 0 unspecified atom stereocenters. The molecule has 0 radical (unpaired) electrons. The van der Waals surface area contributed by atoms with Crippen LogP contribution in [-0.4, -0.2) is 34.8 Å². The molecule has 0 atom stereocenters. The van der Waals surface area contributed by atoms with E-state index >= 15 is 0 Å². The highest BCUT2D eigenvalue weighted by Gasteiger charge is 2.39. The maximum Gasteiger partial charge on any atom is 0.323 e. The Morgan fingerprint density at radius 3 is 2.23 bits per heavy atom. The van der Waals surface area contributed by atoms with E-state index < -0.39 is 17.7 Å². The van der Waals surface area contributed by atoms with Gasteiger partial charge in [-0.3, -0.25) is 14.4 Å². The fourth-order valence-electron chi connectivity index (χ4n) is 3.88. The summed E-state index contributed by atoms with van der Waals surface area (Å²) in [5.41, 5.74) is 6.07. The first-order chi connectivity index (χ1) is 11.9. The third kappa shape index (κ3) is 4.82. The Hall–Kier alpha value is -2.41. The van der Waals surface area contributed by atoms with E-state index in [4.69, 9.17) is 5.73 Å². The van der Waals surface area contributed by atoms with Crippen LogP contribution in [-0.2, 0) is 14.4 Å². The van der Waals surface area contributed by atoms with Crippen molar-refractivity contribution in [3.05, 3.63) is 24.3 Å². The van der Waals surface area contributed by atoms with Crippen molar-refractivity contribution in [2.24, 2.45) is 0 Å². The maximum absolute atomic E-state index is 12.6. The second-order valence-corrected chi connectivity index (χ2v) is 8.23. The van der Waals surface area contributed by atoms with Crippen LogP contribution in [0.25, 0.3) is 0 Å². The van der Waals surface area contributed by atoms with Gasteiger partial charge in [-0.15, -0.1) is 0 Å². The van der Waals surface area contributed by atoms with Gasteiger partial charge in [0, 0.05) is 29.7 Å². The van der Waals surface area contributed by atoms with Gasteiger partial charge in [-0.2, -0.15) is 0 Å². The van der Waals surface area contributed by atoms with Crippen molar-refractivity contribution in [1.29, 1.82) is 0 Å². The summed E-state index contributed by atoms with van der Waals surface area (Å²) in [6, 6.07) is 6.17. The summed E-state index contributed by atoms with van der Waals surface area (Å²) < 4.78 is 0. The lowest BCUT2D eigenvalue weighted by atomic mass is 9.79. The SMILES string of the molecule is CC(=O)N(C(=O)C(=O)NC1CC(C)(C)NC(C)(C)C1)c1cccc(N)c1. The Kier molecular flexibility index (Phi) is 5.41. The number of hydrogen-bond donors (Lipinski definition) is 3. The number of nitrogen functional groups attached to an aromatic ring is 1. The molecule has 2 rings (SSSR count). The zero-order valence-electron chi connectivity index (χ0n) is 16.1. The lowest BCUT2D eigenvalue weighted by molar-refractivity contribution is -0.140. The van der Waals surface area contributed by atoms with Crippen LogP contribution in [0.2, 0.25) is 0 Å². The van der Waals surface area contributed by atoms with Crippen LogP contribution in [0.3, 0.4) is 0 Å². The monoisotopic (exact) mass is 360 g/mol. The number of amides is 3. The molecule has 0 aromatic heterocycles. The van der Waals surface area contributed by atoms with Crippen molar-refractivity contribution in [3.8, 4) is 0 Å². The fourth-order valence-corrected chi connectivity index (χ4v) is 3.88. The molecule has 1 fully saturated rings. The Morgan fingerprint density at radius 1 is 1.15 bits per heavy atom. The van der Waals surface area contributed by atoms with Gasteiger partial charge < -0.3 is 16.4 Å². The number of nitrogens with two attached hydrogens (primary N) is 1. The number of hydrogen-bond acceptors (Lipinski definition) is 5. The van der Waals surface area contributed by atoms with E-state index in [2.05, 4.69) is 38.3 Å². The van der Waals surface area contributed by atoms with E-state index in [0.717, 1.165) is 4.90 Å². The van der Waals surface area contributed by atoms with Crippen LogP contribution in [0, 0.1) is 0 Å². The number of benzene rings is 1. The molecule has 1 saturated heterocycles. The summed E-state index contributed by atoms with van der Waals surface area (Å²) >= 11 is 0. The molecule has 0 bridgehead atoms. The molecule has 26 heavy (non-hydrogen) atoms. The summed E-state index contributed by atoms with van der Waals surface area (Å²) in [5, 5.41) is 6.32. The number of piperidine rings is 1. The molecule has 0 spiro atoms. The van der Waals surface area contributed by atoms with Gasteiger partial charge in [0.1, 0.15) is 0 Å². The number of anilines is 2. The number of carbonyl (C=O) groups is 3. The quantitative estimate of drug-likeness (QED) is 0.549. The molecule has 1 aliphatic heterocycles. The van der Waals surface area contributed by atoms with E-state index in [9.17, 15) is 14.4 Å². The number of nitrogens with zero attached hydrogens (tertiary/aromatic N) is 1. The number of rotatable bonds is 2. The minimum atomic E-state index is -0.905. The second kappa shape index (κ2) is 7.07. The number of imide groups is 1. The van der Waals surface area contributed by atoms with Gasteiger partial charge in [-0.1, -0.05) is 6.07 Å². The lowest BCUT2D eigenvalue weighted by Crippen LogP contribution is -2.63. The minimum Gasteiger partial charge on any atom is -0.399 e. The predicted molar refractivity (Wildman–Crippen MR) is 101 cm³/mol. The summed E-state index contributed by atoms with van der Waals surface area (Å²) in [5.74, 6) is -2.24. The average molecular weight is 360 g/mol. The molecule has 1 aromatic rings. The van der Waals surface area contributed by atoms with E-state index in [1.807, 2.05) is 0 Å². The van der Waals surface area contributed by atoms with Gasteiger partial charge in [0.05, 0.1) is 5.69 Å². The highest BCUT2D eigenvalue weighted by molar-refractivity contribution is 6.45. The van der Waals surface area contributed by atoms with E-state index in [1.165, 1.54) is 13.0 Å². The zero-order valence-corrected chi connectivity index (χ0v) is 16.1. The molecule has 1 aliphatic rings. The van der Waals surface area contributed by atoms with Crippen molar-refractivity contribution in [1.82, 2.24) is 10.6 Å². The molecular weight excluding hydrogens is 332 g/mol. The maximum atomic E-state index is 12.6. The number of nitrogens with one attached hydrogen (secondary N) is 2. The van der Waals surface area contributed by atoms with Gasteiger partial charge in [-0.05, 0) is 58.7 Å². The van der Waals surface area contributed by atoms with Crippen molar-refractivity contribution >= 4 is 29.1 Å². The molecule has 1 aromatic carbocycles. The molecule has 142 valence electrons. The highest BCUT2D eigenvalue weighted by Crippen LogP contribution is 2.28. The topological polar surface area (TPSA) is 105 Å². The molecule has 3 amide bonds. The van der Waals surface area contributed by atoms with Crippen LogP contribution in [0.4, 0.5) is 11.4 Å². The van der Waals surface area contributed by atoms with Gasteiger partial charge in [0.15, 0.2) is 0 Å². The lowest BCUT2D eigenvalue weighted by Gasteiger charge is -2.46. The smallest absolute Gasteiger partial charge is 0.323 e. The molecule has 0 aliphatic carbocycles. The van der Waals surface area contributed by atoms with E-state index in [-0.39, 0.29) is 22.8 Å². The Bertz CT molecular complexity index is 711. The highest BCUT2D eigenvalue weighted by atomic mass is 16.2. The number of carbonyl (C=O) groups excluding carboxylic acids is 3. The van der Waals surface area contributed by atoms with Crippen molar-refractivity contribution < 1.29 is 14.4 Å². The second-order valence-electron chi connectivity index (χ2n) is 8.23. The Labute approximate surface area is 154 Å². The standard InChI is InChI=1S/C19H28N4O3/c1-12(24)23(15-8-6-7-13(20)9-15)17(26)16(25)21-14-10-18(2,3)22-19(4,5)11-14/h6-9,14,22H,10-11,20H2,1-5H3,(H,21,25). The van der Waals surface area contributed by atoms with E-state index in [1.54, 1.807) is 18.2 Å². The van der Waals surface area contributed by atoms with Gasteiger partial charge in [0.2, 0.25) is 5.91 Å². The first-order valence-electron chi connectivity index (χ1n) is 8.71. The van der Waals surface area contributed by atoms with Crippen LogP contribution in [0.15, 0.2) is 24.3 Å². The van der Waals surface area contributed by atoms with Gasteiger partial charge >= 0.3 is 11.8 Å². The van der Waals surface area contributed by atoms with E-state index in [0.29, 0.717) is 18.5 Å². The van der Waals surface area contributed by atoms with Crippen LogP contribution in [0.1, 0.15) is 47.5 Å². The van der Waals surface area contributed by atoms with Crippen molar-refractivity contribution in [3.63, 3.8) is 0 Å². The van der Waals surface area contributed by atoms with Gasteiger partial charge in [-0.25, -0.2) is 4.90 Å². The van der Waals surface area contributed by atoms with Crippen molar-refractivity contribution in [2.45, 2.75) is 64.6 Å². The minimum absolute atomic E-state index is 0.160. The molecule has 7 heteroatoms. The molecular formula is C19H28N4O3. The molecule has 4 N–H and O–H groups in total. The van der Waals surface area contributed by atoms with Gasteiger partial charge in [0.25, 0.3) is 0 Å². The Morgan fingerprint density at radius 2 is 1.73 bits per heavy atom. The normalized spacial score (nSPS) is 18.8. The summed E-state index contributed by atoms with van der Waals surface area (Å²) in [4.78, 5) is 38.0. The molecule has 1 heterocycles. The largest absolute Gasteiger partial charge is 0.399 e. The predicted octanol–water partition coefficient (Wildman–Crippen LogP) is 1.57.